The van der Waals surface area contributed by atoms with Crippen molar-refractivity contribution >= 4 is 56.8 Å². The Morgan fingerprint density at radius 1 is 0.553 bits per heavy atom. The highest BCUT2D eigenvalue weighted by Gasteiger charge is 2.72. The van der Waals surface area contributed by atoms with E-state index in [9.17, 15) is 82.5 Å². The van der Waals surface area contributed by atoms with Gasteiger partial charge in [0.2, 0.25) is 0 Å². The van der Waals surface area contributed by atoms with Gasteiger partial charge in [-0.2, -0.15) is 52.7 Å². The molecule has 27 heteroatoms. The molecule has 0 spiro atoms. The third-order valence-corrected chi connectivity index (χ3v) is 41.9. The van der Waals surface area contributed by atoms with Crippen molar-refractivity contribution in [1.82, 2.24) is 0 Å². The Kier molecular flexibility index (Phi) is 29.0. The Bertz CT molecular complexity index is 4470. The SMILES string of the molecule is C=C1/C(=C\CP(=O)(c2ccccc2)c2ccccc2)C[C@@H](O[Si](C)(C)C(C)(C)C)C[C@@H]1O[Si](C)(C)C(C)(C)C.[2H]C([2H])([2H])C(CCCC(C)(C/C=C\C(O[Si](C)(C)C)(C(F)(F)F)C(F)(F)F)[C@H]1CCC2C(=O)CCC[C@@]21C)(O[Si](C)(C)C)C([2H])([2H])[2H].[2H]C([2H])([2H])C(O)(CCCC(C)(C/C=C\C(O)(C(F)(F)F)C(F)(F)F)[C@H]1CCC2/C(=C/C=C3/C[C@@H](O)C[C@H](O)C3=C)CCC[C@@]21C)C([2H])([2H])[2H]. The summed E-state index contributed by atoms with van der Waals surface area (Å²) in [7, 11) is -13.1. The van der Waals surface area contributed by atoms with E-state index < -0.39 is 162 Å². The molecule has 0 aliphatic heterocycles. The number of hydrogen-bond donors (Lipinski definition) is 4. The highest BCUT2D eigenvalue weighted by atomic mass is 31.2. The van der Waals surface area contributed by atoms with Crippen LogP contribution in [0.4, 0.5) is 52.7 Å². The van der Waals surface area contributed by atoms with E-state index in [1.165, 1.54) is 19.6 Å². The molecule has 700 valence electrons. The molecular weight excluding hydrogens is 1680 g/mol. The Morgan fingerprint density at radius 3 is 1.48 bits per heavy atom. The number of hydrogen-bond acceptors (Lipinski definition) is 10. The van der Waals surface area contributed by atoms with Gasteiger partial charge in [-0.1, -0.05) is 192 Å². The van der Waals surface area contributed by atoms with Crippen molar-refractivity contribution in [2.24, 2.45) is 45.3 Å². The number of ketones is 1. The van der Waals surface area contributed by atoms with Crippen molar-refractivity contribution in [2.75, 3.05) is 6.16 Å². The van der Waals surface area contributed by atoms with Crippen LogP contribution in [0.1, 0.15) is 254 Å². The van der Waals surface area contributed by atoms with Crippen LogP contribution in [0.25, 0.3) is 0 Å². The lowest BCUT2D eigenvalue weighted by molar-refractivity contribution is -0.347. The molecule has 4 N–H and O–H groups in total. The zero-order valence-corrected chi connectivity index (χ0v) is 81.2. The molecule has 12 atom stereocenters. The fourth-order valence-corrected chi connectivity index (χ4v) is 27.3. The van der Waals surface area contributed by atoms with Crippen molar-refractivity contribution in [2.45, 2.75) is 385 Å². The van der Waals surface area contributed by atoms with Crippen molar-refractivity contribution in [3.63, 3.8) is 0 Å². The number of benzene rings is 2. The second-order valence-electron chi connectivity index (χ2n) is 42.1. The predicted molar refractivity (Wildman–Crippen MR) is 486 cm³/mol. The average molecular weight is 1850 g/mol. The number of halogens is 12. The number of aliphatic hydroxyl groups excluding tert-OH is 2. The molecule has 8 rings (SSSR count). The first-order valence-corrected chi connectivity index (χ1v) is 58.0. The minimum absolute atomic E-state index is 0.0338. The summed E-state index contributed by atoms with van der Waals surface area (Å²) < 4.78 is 302. The highest BCUT2D eigenvalue weighted by molar-refractivity contribution is 7.78. The van der Waals surface area contributed by atoms with Gasteiger partial charge in [0.25, 0.3) is 11.2 Å². The quantitative estimate of drug-likeness (QED) is 0.0268. The molecule has 2 aromatic carbocycles. The first-order chi connectivity index (χ1) is 60.6. The molecule has 0 saturated heterocycles. The van der Waals surface area contributed by atoms with Crippen LogP contribution < -0.4 is 10.6 Å². The molecule has 123 heavy (non-hydrogen) atoms. The number of allylic oxidation sites excluding steroid dienone is 6. The fourth-order valence-electron chi connectivity index (χ4n) is 19.7. The van der Waals surface area contributed by atoms with Crippen LogP contribution in [-0.2, 0) is 27.1 Å². The number of fused-ring (bicyclic) bond motifs is 2. The third-order valence-electron chi connectivity index (χ3n) is 28.0. The summed E-state index contributed by atoms with van der Waals surface area (Å²) in [4.78, 5) is 12.9. The number of Topliss-reactive ketones (excluding diaryl/α,β-unsaturated/α-hetero) is 1. The van der Waals surface area contributed by atoms with E-state index in [4.69, 9.17) is 34.2 Å². The van der Waals surface area contributed by atoms with Gasteiger partial charge in [0.05, 0.1) is 35.6 Å². The highest BCUT2D eigenvalue weighted by Crippen LogP contribution is 2.66. The lowest BCUT2D eigenvalue weighted by atomic mass is 9.55. The Hall–Kier alpha value is -3.77. The van der Waals surface area contributed by atoms with Gasteiger partial charge in [-0.25, -0.2) is 0 Å². The molecule has 2 aromatic rings. The van der Waals surface area contributed by atoms with Crippen LogP contribution in [-0.4, -0.2) is 137 Å². The van der Waals surface area contributed by atoms with E-state index in [2.05, 4.69) is 87.0 Å². The molecule has 4 unspecified atom stereocenters. The first-order valence-electron chi connectivity index (χ1n) is 49.5. The fraction of sp³-hybridized carbons (Fsp3) is 0.719. The normalized spacial score (nSPS) is 28.9. The van der Waals surface area contributed by atoms with Gasteiger partial charge in [0.1, 0.15) is 12.9 Å². The summed E-state index contributed by atoms with van der Waals surface area (Å²) >= 11 is 0. The van der Waals surface area contributed by atoms with Crippen LogP contribution in [0.3, 0.4) is 0 Å². The smallest absolute Gasteiger partial charge is 0.413 e. The van der Waals surface area contributed by atoms with E-state index in [-0.39, 0.29) is 109 Å². The molecule has 6 aliphatic carbocycles. The lowest BCUT2D eigenvalue weighted by Gasteiger charge is -2.49. The molecule has 0 amide bonds. The summed E-state index contributed by atoms with van der Waals surface area (Å²) in [5, 5.41) is 43.0. The topological polar surface area (TPSA) is 152 Å². The monoisotopic (exact) mass is 1850 g/mol. The molecule has 0 bridgehead atoms. The second kappa shape index (κ2) is 39.7. The Balaban J connectivity index is 0.000000313. The van der Waals surface area contributed by atoms with Crippen molar-refractivity contribution in [3.8, 4) is 0 Å². The molecule has 0 heterocycles. The molecule has 6 saturated carbocycles. The number of carbonyl (C=O) groups is 1. The van der Waals surface area contributed by atoms with Crippen LogP contribution in [0.2, 0.25) is 75.5 Å². The largest absolute Gasteiger partial charge is 0.429 e. The van der Waals surface area contributed by atoms with E-state index in [1.807, 2.05) is 86.7 Å². The summed E-state index contributed by atoms with van der Waals surface area (Å²) in [6.07, 6.45) is -11.7. The Labute approximate surface area is 750 Å². The molecule has 6 fully saturated rings. The summed E-state index contributed by atoms with van der Waals surface area (Å²) in [5.41, 5.74) is -14.0. The van der Waals surface area contributed by atoms with E-state index in [1.54, 1.807) is 33.5 Å². The minimum atomic E-state index is -6.06. The number of carbonyl (C=O) groups excluding carboxylic acids is 1. The summed E-state index contributed by atoms with van der Waals surface area (Å²) in [5.74, 6) is -0.905. The second-order valence-corrected chi connectivity index (χ2v) is 63.4. The summed E-state index contributed by atoms with van der Waals surface area (Å²) in [6.45, 7) is 34.8. The third kappa shape index (κ3) is 27.0. The number of alkyl halides is 12. The summed E-state index contributed by atoms with van der Waals surface area (Å²) in [6, 6.07) is 19.8. The predicted octanol–water partition coefficient (Wildman–Crippen LogP) is 27.2. The lowest BCUT2D eigenvalue weighted by Crippen LogP contribution is -2.61. The van der Waals surface area contributed by atoms with Gasteiger partial charge in [0, 0.05) is 58.4 Å². The van der Waals surface area contributed by atoms with Crippen molar-refractivity contribution in [1.29, 1.82) is 0 Å². The molecular formula is C96H151F12O10PSi4. The van der Waals surface area contributed by atoms with E-state index >= 15 is 0 Å². The maximum Gasteiger partial charge on any atom is 0.429 e. The van der Waals surface area contributed by atoms with Crippen LogP contribution in [0.5, 0.6) is 0 Å². The van der Waals surface area contributed by atoms with Crippen LogP contribution in [0.15, 0.2) is 144 Å². The number of rotatable bonds is 29. The van der Waals surface area contributed by atoms with Crippen LogP contribution >= 0.6 is 7.14 Å². The molecule has 0 aromatic heterocycles. The standard InChI is InChI=1S/C33H48F6O4.C33H51O3PSi2.C30H52F6O3Si2/c1-21-23(19-24(40)20-26(21)41)11-10-22-9-6-17-30(5)25(22)12-13-27(30)29(4,15-7-14-28(2,3)42)16-8-18-31(43,32(34,35)36)33(37,38)39;1-26-27(22-23-37(34,29-18-14-12-15-19-29)30-20-16-13-17-21-30)24-28(35-38(8,9)32(2,3)4)25-31(26)36-39(10,11)33(5,6)7;1-25(2,38-40(5,6)7)17-12-18-26(3,24-16-15-22-23(37)14-11-20-27(22,24)4)19-13-21-28(29(31,32)33,30(34,35)36)39-41(8,9)10/h8,10-11,18,24-27,40-43H,1,6-7,9,12-17,19-20H2,2-5H3;12-22,28,31H,1,23-25H2,2-11H3;13,21-22,24H,11-12,14-20H2,1-10H3/b18-8-,22-10+,23-11-;27-22-;21-13-/t24-,25?,26+,27-,29?,30+;28-,31+;22?,24-,26?,27+/m111/s1/i2D3,3D3;;1D3,2D3. The first kappa shape index (κ1) is 89.8. The van der Waals surface area contributed by atoms with E-state index in [0.29, 0.717) is 81.2 Å². The van der Waals surface area contributed by atoms with Gasteiger partial charge in [-0.15, -0.1) is 0 Å². The zero-order chi connectivity index (χ0) is 104. The Morgan fingerprint density at radius 2 is 1.02 bits per heavy atom. The average Bonchev–Trinajstić information content (AvgIpc) is 1.61. The van der Waals surface area contributed by atoms with Gasteiger partial charge in [0.15, 0.2) is 33.3 Å². The van der Waals surface area contributed by atoms with Gasteiger partial charge in [-0.3, -0.25) is 4.79 Å². The molecule has 10 nitrogen and oxygen atoms in total. The number of aliphatic hydroxyl groups is 4. The van der Waals surface area contributed by atoms with Crippen LogP contribution in [0, 0.1) is 45.3 Å². The molecule has 6 aliphatic rings. The van der Waals surface area contributed by atoms with E-state index in [0.717, 1.165) is 59.1 Å². The zero-order valence-electron chi connectivity index (χ0n) is 88.3. The van der Waals surface area contributed by atoms with Gasteiger partial charge < -0.3 is 42.7 Å². The van der Waals surface area contributed by atoms with Gasteiger partial charge in [-0.05, 0) is 286 Å². The minimum Gasteiger partial charge on any atom is -0.413 e. The van der Waals surface area contributed by atoms with Crippen molar-refractivity contribution < 1.29 is 117 Å². The van der Waals surface area contributed by atoms with Gasteiger partial charge >= 0.3 is 24.7 Å². The molecule has 0 radical (unpaired) electrons. The van der Waals surface area contributed by atoms with Crippen molar-refractivity contribution in [3.05, 3.63) is 144 Å². The maximum atomic E-state index is 14.7. The maximum absolute atomic E-state index is 14.7.